The molecule has 6 nitrogen and oxygen atoms in total. The van der Waals surface area contributed by atoms with Crippen molar-refractivity contribution in [2.75, 3.05) is 44.2 Å². The van der Waals surface area contributed by atoms with Crippen LogP contribution in [-0.2, 0) is 11.3 Å². The molecule has 7 heteroatoms. The fraction of sp³-hybridized carbons (Fsp3) is 0.562. The van der Waals surface area contributed by atoms with Gasteiger partial charge in [-0.2, -0.15) is 0 Å². The summed E-state index contributed by atoms with van der Waals surface area (Å²) in [5.41, 5.74) is 1.08. The van der Waals surface area contributed by atoms with Crippen molar-refractivity contribution in [3.8, 4) is 0 Å². The van der Waals surface area contributed by atoms with Crippen molar-refractivity contribution in [2.24, 2.45) is 0 Å². The van der Waals surface area contributed by atoms with Gasteiger partial charge in [0.15, 0.2) is 5.13 Å². The molecule has 1 N–H and O–H groups in total. The Morgan fingerprint density at radius 3 is 2.87 bits per heavy atom. The third kappa shape index (κ3) is 4.78. The number of aryl methyl sites for hydroxylation is 1. The zero-order chi connectivity index (χ0) is 16.1. The SMILES string of the molecule is Cc1csc(N2CCN(CC(O)COCc3ccco3)CC2)n1. The van der Waals surface area contributed by atoms with Crippen LogP contribution in [0.2, 0.25) is 0 Å². The highest BCUT2D eigenvalue weighted by Crippen LogP contribution is 2.21. The molecule has 2 aromatic rings. The lowest BCUT2D eigenvalue weighted by atomic mass is 10.3. The highest BCUT2D eigenvalue weighted by Gasteiger charge is 2.21. The van der Waals surface area contributed by atoms with Gasteiger partial charge in [-0.25, -0.2) is 4.98 Å². The van der Waals surface area contributed by atoms with Gasteiger partial charge in [0.2, 0.25) is 0 Å². The van der Waals surface area contributed by atoms with Crippen molar-refractivity contribution >= 4 is 16.5 Å². The first-order valence-electron chi connectivity index (χ1n) is 7.88. The van der Waals surface area contributed by atoms with Crippen LogP contribution in [0.3, 0.4) is 0 Å². The Balaban J connectivity index is 1.35. The molecule has 0 aliphatic carbocycles. The number of β-amino-alcohol motifs (C(OH)–C–C–N with tert-alkyl or cyclic N) is 1. The number of thiazole rings is 1. The van der Waals surface area contributed by atoms with E-state index in [9.17, 15) is 5.11 Å². The highest BCUT2D eigenvalue weighted by molar-refractivity contribution is 7.13. The Kier molecular flexibility index (Phi) is 5.66. The second kappa shape index (κ2) is 7.92. The number of aromatic nitrogens is 1. The van der Waals surface area contributed by atoms with Gasteiger partial charge in [-0.1, -0.05) is 0 Å². The minimum atomic E-state index is -0.474. The molecule has 0 bridgehead atoms. The molecule has 3 rings (SSSR count). The summed E-state index contributed by atoms with van der Waals surface area (Å²) in [6.07, 6.45) is 1.15. The molecule has 0 spiro atoms. The lowest BCUT2D eigenvalue weighted by Gasteiger charge is -2.35. The average molecular weight is 337 g/mol. The fourth-order valence-corrected chi connectivity index (χ4v) is 3.51. The summed E-state index contributed by atoms with van der Waals surface area (Å²) >= 11 is 1.70. The zero-order valence-electron chi connectivity index (χ0n) is 13.4. The largest absolute Gasteiger partial charge is 0.467 e. The summed E-state index contributed by atoms with van der Waals surface area (Å²) in [7, 11) is 0. The molecular weight excluding hydrogens is 314 g/mol. The van der Waals surface area contributed by atoms with Crippen LogP contribution in [0.15, 0.2) is 28.2 Å². The standard InChI is InChI=1S/C16H23N3O3S/c1-13-12-23-16(17-13)19-6-4-18(5-7-19)9-14(20)10-21-11-15-3-2-8-22-15/h2-3,8,12,14,20H,4-7,9-11H2,1H3. The van der Waals surface area contributed by atoms with Gasteiger partial charge in [0, 0.05) is 38.1 Å². The van der Waals surface area contributed by atoms with E-state index in [1.54, 1.807) is 17.6 Å². The predicted octanol–water partition coefficient (Wildman–Crippen LogP) is 1.74. The Hall–Kier alpha value is -1.41. The number of hydrogen-bond donors (Lipinski definition) is 1. The third-order valence-corrected chi connectivity index (χ3v) is 4.87. The Labute approximate surface area is 140 Å². The third-order valence-electron chi connectivity index (χ3n) is 3.85. The molecule has 0 amide bonds. The van der Waals surface area contributed by atoms with Crippen LogP contribution < -0.4 is 4.90 Å². The van der Waals surface area contributed by atoms with E-state index in [-0.39, 0.29) is 0 Å². The lowest BCUT2D eigenvalue weighted by Crippen LogP contribution is -2.49. The quantitative estimate of drug-likeness (QED) is 0.830. The molecule has 1 atom stereocenters. The number of rotatable bonds is 7. The van der Waals surface area contributed by atoms with Crippen LogP contribution in [0, 0.1) is 6.92 Å². The first kappa shape index (κ1) is 16.4. The van der Waals surface area contributed by atoms with Crippen molar-refractivity contribution < 1.29 is 14.3 Å². The second-order valence-electron chi connectivity index (χ2n) is 5.81. The van der Waals surface area contributed by atoms with E-state index < -0.39 is 6.10 Å². The summed E-state index contributed by atoms with van der Waals surface area (Å²) in [4.78, 5) is 9.12. The Morgan fingerprint density at radius 2 is 2.22 bits per heavy atom. The van der Waals surface area contributed by atoms with E-state index in [4.69, 9.17) is 9.15 Å². The number of nitrogens with zero attached hydrogens (tertiary/aromatic N) is 3. The zero-order valence-corrected chi connectivity index (χ0v) is 14.2. The van der Waals surface area contributed by atoms with Gasteiger partial charge in [-0.15, -0.1) is 11.3 Å². The van der Waals surface area contributed by atoms with E-state index in [0.29, 0.717) is 19.8 Å². The molecular formula is C16H23N3O3S. The molecule has 23 heavy (non-hydrogen) atoms. The Bertz CT molecular complexity index is 579. The molecule has 2 aromatic heterocycles. The van der Waals surface area contributed by atoms with Gasteiger partial charge < -0.3 is 19.2 Å². The first-order valence-corrected chi connectivity index (χ1v) is 8.76. The smallest absolute Gasteiger partial charge is 0.185 e. The van der Waals surface area contributed by atoms with Crippen molar-refractivity contribution in [2.45, 2.75) is 19.6 Å². The van der Waals surface area contributed by atoms with Gasteiger partial charge >= 0.3 is 0 Å². The van der Waals surface area contributed by atoms with Crippen LogP contribution in [0.4, 0.5) is 5.13 Å². The van der Waals surface area contributed by atoms with Crippen LogP contribution in [0.5, 0.6) is 0 Å². The van der Waals surface area contributed by atoms with E-state index in [1.165, 1.54) is 0 Å². The number of piperazine rings is 1. The van der Waals surface area contributed by atoms with E-state index >= 15 is 0 Å². The maximum Gasteiger partial charge on any atom is 0.185 e. The van der Waals surface area contributed by atoms with Gasteiger partial charge in [0.25, 0.3) is 0 Å². The summed E-state index contributed by atoms with van der Waals surface area (Å²) in [6.45, 7) is 7.17. The number of aliphatic hydroxyl groups is 1. The van der Waals surface area contributed by atoms with Crippen molar-refractivity contribution in [3.63, 3.8) is 0 Å². The molecule has 1 unspecified atom stereocenters. The lowest BCUT2D eigenvalue weighted by molar-refractivity contribution is 0.00442. The molecule has 0 radical (unpaired) electrons. The van der Waals surface area contributed by atoms with E-state index in [1.807, 2.05) is 19.1 Å². The average Bonchev–Trinajstić information content (AvgIpc) is 3.20. The molecule has 1 saturated heterocycles. The van der Waals surface area contributed by atoms with Gasteiger partial charge in [0.05, 0.1) is 24.7 Å². The van der Waals surface area contributed by atoms with Gasteiger partial charge in [-0.05, 0) is 19.1 Å². The van der Waals surface area contributed by atoms with E-state index in [0.717, 1.165) is 42.8 Å². The number of anilines is 1. The molecule has 0 saturated carbocycles. The van der Waals surface area contributed by atoms with Crippen LogP contribution in [0.1, 0.15) is 11.5 Å². The number of hydrogen-bond acceptors (Lipinski definition) is 7. The number of furan rings is 1. The van der Waals surface area contributed by atoms with Crippen molar-refractivity contribution in [3.05, 3.63) is 35.2 Å². The summed E-state index contributed by atoms with van der Waals surface area (Å²) in [6, 6.07) is 3.70. The van der Waals surface area contributed by atoms with Crippen LogP contribution >= 0.6 is 11.3 Å². The molecule has 126 valence electrons. The molecule has 1 aliphatic rings. The molecule has 0 aromatic carbocycles. The fourth-order valence-electron chi connectivity index (χ4n) is 2.65. The minimum Gasteiger partial charge on any atom is -0.467 e. The molecule has 3 heterocycles. The van der Waals surface area contributed by atoms with Crippen LogP contribution in [-0.4, -0.2) is 60.4 Å². The van der Waals surface area contributed by atoms with E-state index in [2.05, 4.69) is 20.2 Å². The predicted molar refractivity (Wildman–Crippen MR) is 89.9 cm³/mol. The minimum absolute atomic E-state index is 0.326. The molecule has 1 fully saturated rings. The molecule has 1 aliphatic heterocycles. The monoisotopic (exact) mass is 337 g/mol. The maximum absolute atomic E-state index is 10.1. The number of aliphatic hydroxyl groups excluding tert-OH is 1. The van der Waals surface area contributed by atoms with Gasteiger partial charge in [0.1, 0.15) is 12.4 Å². The summed E-state index contributed by atoms with van der Waals surface area (Å²) in [5, 5.41) is 13.3. The first-order chi connectivity index (χ1) is 11.2. The normalized spacial score (nSPS) is 17.6. The van der Waals surface area contributed by atoms with Gasteiger partial charge in [-0.3, -0.25) is 4.90 Å². The summed E-state index contributed by atoms with van der Waals surface area (Å²) < 4.78 is 10.7. The maximum atomic E-state index is 10.1. The van der Waals surface area contributed by atoms with Crippen LogP contribution in [0.25, 0.3) is 0 Å². The van der Waals surface area contributed by atoms with Crippen molar-refractivity contribution in [1.82, 2.24) is 9.88 Å². The van der Waals surface area contributed by atoms with Crippen molar-refractivity contribution in [1.29, 1.82) is 0 Å². The topological polar surface area (TPSA) is 62.0 Å². The highest BCUT2D eigenvalue weighted by atomic mass is 32.1. The summed E-state index contributed by atoms with van der Waals surface area (Å²) in [5.74, 6) is 0.782. The second-order valence-corrected chi connectivity index (χ2v) is 6.64. The Morgan fingerprint density at radius 1 is 1.39 bits per heavy atom. The number of ether oxygens (including phenoxy) is 1.